The summed E-state index contributed by atoms with van der Waals surface area (Å²) in [5.41, 5.74) is 8.68. The van der Waals surface area contributed by atoms with Gasteiger partial charge in [-0.05, 0) is 103 Å². The van der Waals surface area contributed by atoms with E-state index in [0.29, 0.717) is 6.61 Å². The molecule has 0 amide bonds. The molecule has 0 aliphatic rings. The summed E-state index contributed by atoms with van der Waals surface area (Å²) in [7, 11) is 0. The van der Waals surface area contributed by atoms with Crippen molar-refractivity contribution in [3.63, 3.8) is 0 Å². The first-order valence-electron chi connectivity index (χ1n) is 14.1. The molecule has 0 aromatic heterocycles. The van der Waals surface area contributed by atoms with Crippen molar-refractivity contribution in [1.29, 1.82) is 0 Å². The smallest absolute Gasteiger partial charge is 0.122 e. The zero-order valence-electron chi connectivity index (χ0n) is 23.9. The molecule has 212 valence electrons. The molecule has 0 unspecified atom stereocenters. The molecule has 5 aromatic carbocycles. The summed E-state index contributed by atoms with van der Waals surface area (Å²) in [5.74, 6) is 14.9. The molecule has 43 heavy (non-hydrogen) atoms. The summed E-state index contributed by atoms with van der Waals surface area (Å²) in [6, 6.07) is 43.6. The van der Waals surface area contributed by atoms with Gasteiger partial charge in [0.05, 0.1) is 6.61 Å². The lowest BCUT2D eigenvalue weighted by Gasteiger charge is -2.11. The minimum Gasteiger partial charge on any atom is -0.494 e. The Bertz CT molecular complexity index is 1660. The van der Waals surface area contributed by atoms with E-state index < -0.39 is 0 Å². The van der Waals surface area contributed by atoms with Crippen LogP contribution >= 0.6 is 11.8 Å². The molecule has 0 aliphatic carbocycles. The quantitative estimate of drug-likeness (QED) is 0.141. The van der Waals surface area contributed by atoms with Gasteiger partial charge in [-0.1, -0.05) is 97.8 Å². The van der Waals surface area contributed by atoms with Crippen LogP contribution in [0.3, 0.4) is 0 Å². The Balaban J connectivity index is 0.00000423. The summed E-state index contributed by atoms with van der Waals surface area (Å²) in [5, 5.41) is 0. The average Bonchev–Trinajstić information content (AvgIpc) is 3.04. The van der Waals surface area contributed by atoms with Crippen molar-refractivity contribution >= 4 is 17.3 Å². The number of thioether (sulfide) groups is 1. The Morgan fingerprint density at radius 2 is 1.09 bits per heavy atom. The minimum absolute atomic E-state index is 0. The van der Waals surface area contributed by atoms with Crippen LogP contribution in [0, 0.1) is 30.6 Å². The van der Waals surface area contributed by atoms with Gasteiger partial charge in [0.15, 0.2) is 0 Å². The molecule has 0 atom stereocenters. The molecule has 0 radical (unpaired) electrons. The summed E-state index contributed by atoms with van der Waals surface area (Å²) < 4.78 is 5.71. The zero-order valence-corrected chi connectivity index (χ0v) is 24.7. The molecule has 5 rings (SSSR count). The first-order chi connectivity index (χ1) is 20.7. The maximum Gasteiger partial charge on any atom is 0.122 e. The van der Waals surface area contributed by atoms with Gasteiger partial charge in [0.1, 0.15) is 5.75 Å². The average molecular weight is 577 g/mol. The van der Waals surface area contributed by atoms with Gasteiger partial charge in [0.2, 0.25) is 0 Å². The van der Waals surface area contributed by atoms with E-state index >= 15 is 0 Å². The second-order valence-electron chi connectivity index (χ2n) is 9.68. The zero-order chi connectivity index (χ0) is 29.0. The highest BCUT2D eigenvalue weighted by atomic mass is 32.2. The third kappa shape index (κ3) is 9.05. The molecular weight excluding hydrogens is 541 g/mol. The third-order valence-corrected chi connectivity index (χ3v) is 7.55. The van der Waals surface area contributed by atoms with Gasteiger partial charge >= 0.3 is 0 Å². The molecule has 0 saturated carbocycles. The SMILES string of the molecule is C.CCOc1ccc(SCC=C(c2ccc(C#Cc3ccccc3)cc2)c2ccc(C#Cc3ccccc3)cc2)cc1C. The van der Waals surface area contributed by atoms with Crippen LogP contribution in [0.5, 0.6) is 5.75 Å². The monoisotopic (exact) mass is 576 g/mol. The maximum absolute atomic E-state index is 5.71. The van der Waals surface area contributed by atoms with Crippen molar-refractivity contribution in [1.82, 2.24) is 0 Å². The molecule has 0 aliphatic heterocycles. The molecule has 2 heteroatoms. The van der Waals surface area contributed by atoms with Gasteiger partial charge in [-0.15, -0.1) is 11.8 Å². The van der Waals surface area contributed by atoms with Crippen LogP contribution in [0.15, 0.2) is 138 Å². The number of hydrogen-bond acceptors (Lipinski definition) is 2. The van der Waals surface area contributed by atoms with E-state index in [1.807, 2.05) is 79.3 Å². The van der Waals surface area contributed by atoms with Crippen molar-refractivity contribution < 1.29 is 4.74 Å². The standard InChI is InChI=1S/C40H32OS.CH4/c1-3-41-40-27-26-38(30-31(40)2)42-29-28-39(36-22-18-34(19-23-36)16-14-32-10-6-4-7-11-32)37-24-20-35(21-25-37)17-15-33-12-8-5-9-13-33;/h4-13,18-28,30H,3,29H2,1-2H3;1H4. The summed E-state index contributed by atoms with van der Waals surface area (Å²) in [4.78, 5) is 1.23. The lowest BCUT2D eigenvalue weighted by molar-refractivity contribution is 0.337. The Kier molecular flexibility index (Phi) is 11.5. The third-order valence-electron chi connectivity index (χ3n) is 6.63. The van der Waals surface area contributed by atoms with Crippen molar-refractivity contribution in [3.05, 3.63) is 172 Å². The Hall–Kier alpha value is -4.89. The highest BCUT2D eigenvalue weighted by Crippen LogP contribution is 2.29. The van der Waals surface area contributed by atoms with E-state index in [9.17, 15) is 0 Å². The highest BCUT2D eigenvalue weighted by Gasteiger charge is 2.07. The highest BCUT2D eigenvalue weighted by molar-refractivity contribution is 7.99. The lowest BCUT2D eigenvalue weighted by atomic mass is 9.96. The molecule has 0 saturated heterocycles. The number of rotatable bonds is 7. The van der Waals surface area contributed by atoms with Crippen LogP contribution in [-0.4, -0.2) is 12.4 Å². The number of benzene rings is 5. The van der Waals surface area contributed by atoms with E-state index in [1.165, 1.54) is 10.5 Å². The second kappa shape index (κ2) is 15.9. The van der Waals surface area contributed by atoms with Gasteiger partial charge in [-0.2, -0.15) is 0 Å². The van der Waals surface area contributed by atoms with Crippen molar-refractivity contribution in [3.8, 4) is 29.4 Å². The molecule has 0 N–H and O–H groups in total. The summed E-state index contributed by atoms with van der Waals surface area (Å²) >= 11 is 1.82. The van der Waals surface area contributed by atoms with Crippen LogP contribution in [0.25, 0.3) is 5.57 Å². The van der Waals surface area contributed by atoms with E-state index in [0.717, 1.165) is 50.4 Å². The molecule has 0 heterocycles. The first-order valence-corrected chi connectivity index (χ1v) is 15.1. The second-order valence-corrected chi connectivity index (χ2v) is 10.8. The van der Waals surface area contributed by atoms with Gasteiger partial charge in [-0.3, -0.25) is 0 Å². The number of aryl methyl sites for hydroxylation is 1. The minimum atomic E-state index is 0. The molecule has 0 fully saturated rings. The van der Waals surface area contributed by atoms with Crippen LogP contribution in [0.4, 0.5) is 0 Å². The maximum atomic E-state index is 5.71. The van der Waals surface area contributed by atoms with Gasteiger partial charge < -0.3 is 4.74 Å². The Labute approximate surface area is 261 Å². The fourth-order valence-corrected chi connectivity index (χ4v) is 5.32. The van der Waals surface area contributed by atoms with E-state index in [4.69, 9.17) is 4.74 Å². The van der Waals surface area contributed by atoms with Crippen LogP contribution < -0.4 is 4.74 Å². The number of hydrogen-bond donors (Lipinski definition) is 0. The fourth-order valence-electron chi connectivity index (χ4n) is 4.45. The first kappa shape index (κ1) is 31.1. The lowest BCUT2D eigenvalue weighted by Crippen LogP contribution is -1.94. The van der Waals surface area contributed by atoms with Gasteiger partial charge in [-0.25, -0.2) is 0 Å². The summed E-state index contributed by atoms with van der Waals surface area (Å²) in [6.45, 7) is 4.78. The van der Waals surface area contributed by atoms with Crippen LogP contribution in [0.1, 0.15) is 53.3 Å². The number of ether oxygens (including phenoxy) is 1. The van der Waals surface area contributed by atoms with Crippen molar-refractivity contribution in [2.24, 2.45) is 0 Å². The van der Waals surface area contributed by atoms with E-state index in [1.54, 1.807) is 0 Å². The van der Waals surface area contributed by atoms with E-state index in [-0.39, 0.29) is 7.43 Å². The largest absolute Gasteiger partial charge is 0.494 e. The molecule has 5 aromatic rings. The topological polar surface area (TPSA) is 9.23 Å². The fraction of sp³-hybridized carbons (Fsp3) is 0.122. The van der Waals surface area contributed by atoms with E-state index in [2.05, 4.69) is 103 Å². The van der Waals surface area contributed by atoms with Crippen LogP contribution in [-0.2, 0) is 0 Å². The van der Waals surface area contributed by atoms with Crippen molar-refractivity contribution in [2.75, 3.05) is 12.4 Å². The normalized spacial score (nSPS) is 9.81. The summed E-state index contributed by atoms with van der Waals surface area (Å²) in [6.07, 6.45) is 2.31. The van der Waals surface area contributed by atoms with Gasteiger partial charge in [0.25, 0.3) is 0 Å². The van der Waals surface area contributed by atoms with Crippen molar-refractivity contribution in [2.45, 2.75) is 26.2 Å². The molecule has 0 bridgehead atoms. The molecular formula is C41H36OS. The molecule has 0 spiro atoms. The molecule has 1 nitrogen and oxygen atoms in total. The Morgan fingerprint density at radius 3 is 1.53 bits per heavy atom. The Morgan fingerprint density at radius 1 is 0.628 bits per heavy atom. The predicted molar refractivity (Wildman–Crippen MR) is 185 cm³/mol. The van der Waals surface area contributed by atoms with Gasteiger partial charge in [0, 0.05) is 32.9 Å². The van der Waals surface area contributed by atoms with Crippen LogP contribution in [0.2, 0.25) is 0 Å². The predicted octanol–water partition coefficient (Wildman–Crippen LogP) is 10.1.